The molecule has 12 nitrogen and oxygen atoms in total. The van der Waals surface area contributed by atoms with Crippen molar-refractivity contribution in [2.75, 3.05) is 17.8 Å². The molecule has 0 aliphatic rings. The lowest BCUT2D eigenvalue weighted by Gasteiger charge is -2.24. The maximum absolute atomic E-state index is 12.9. The molecule has 4 atom stereocenters. The largest absolute Gasteiger partial charge is 0.508 e. The van der Waals surface area contributed by atoms with Crippen molar-refractivity contribution in [1.29, 1.82) is 0 Å². The second kappa shape index (κ2) is 15.1. The highest BCUT2D eigenvalue weighted by molar-refractivity contribution is 7.98. The Labute approximate surface area is 212 Å². The molecule has 0 aliphatic carbocycles. The van der Waals surface area contributed by atoms with Crippen LogP contribution in [-0.4, -0.2) is 81.7 Å². The van der Waals surface area contributed by atoms with Gasteiger partial charge in [0.1, 0.15) is 23.9 Å². The van der Waals surface area contributed by atoms with Crippen molar-refractivity contribution in [2.24, 2.45) is 11.5 Å². The Balaban J connectivity index is 2.83. The normalized spacial score (nSPS) is 14.1. The number of carboxylic acids is 1. The van der Waals surface area contributed by atoms with Crippen molar-refractivity contribution in [1.82, 2.24) is 16.0 Å². The van der Waals surface area contributed by atoms with E-state index in [1.165, 1.54) is 23.9 Å². The van der Waals surface area contributed by atoms with Crippen LogP contribution in [0.1, 0.15) is 18.4 Å². The molecule has 1 aromatic rings. The molecule has 0 bridgehead atoms. The number of thiol groups is 1. The standard InChI is InChI=1S/C21H31N5O7S2/c1-35-7-6-14(24-18(29)13(22)8-11-2-4-12(27)5-3-11)19(30)26-16(10-34)20(31)25-15(21(32)33)9-17(23)28/h2-5,13-16,27,34H,6-10,22H2,1H3,(H2,23,28)(H,24,29)(H,25,31)(H,26,30)(H,32,33). The summed E-state index contributed by atoms with van der Waals surface area (Å²) >= 11 is 5.48. The van der Waals surface area contributed by atoms with Gasteiger partial charge in [-0.2, -0.15) is 24.4 Å². The fourth-order valence-corrected chi connectivity index (χ4v) is 3.63. The first-order valence-corrected chi connectivity index (χ1v) is 12.6. The van der Waals surface area contributed by atoms with Crippen molar-refractivity contribution < 1.29 is 34.2 Å². The van der Waals surface area contributed by atoms with Gasteiger partial charge in [-0.3, -0.25) is 19.2 Å². The van der Waals surface area contributed by atoms with E-state index in [2.05, 4.69) is 28.6 Å². The SMILES string of the molecule is CSCCC(NC(=O)C(N)Cc1ccc(O)cc1)C(=O)NC(CS)C(=O)NC(CC(N)=O)C(=O)O. The van der Waals surface area contributed by atoms with Gasteiger partial charge in [0, 0.05) is 5.75 Å². The Hall–Kier alpha value is -2.97. The number of phenolic OH excluding ortho intramolecular Hbond substituents is 1. The minimum atomic E-state index is -1.57. The monoisotopic (exact) mass is 529 g/mol. The van der Waals surface area contributed by atoms with Gasteiger partial charge >= 0.3 is 5.97 Å². The zero-order chi connectivity index (χ0) is 26.5. The van der Waals surface area contributed by atoms with Crippen LogP contribution in [-0.2, 0) is 30.4 Å². The summed E-state index contributed by atoms with van der Waals surface area (Å²) in [6.07, 6.45) is 1.60. The molecule has 0 spiro atoms. The van der Waals surface area contributed by atoms with Gasteiger partial charge < -0.3 is 37.6 Å². The maximum atomic E-state index is 12.9. The van der Waals surface area contributed by atoms with Gasteiger partial charge in [-0.25, -0.2) is 4.79 Å². The number of phenols is 1. The third-order valence-corrected chi connectivity index (χ3v) is 5.82. The second-order valence-corrected chi connectivity index (χ2v) is 8.98. The zero-order valence-corrected chi connectivity index (χ0v) is 20.8. The van der Waals surface area contributed by atoms with E-state index in [1.54, 1.807) is 12.1 Å². The maximum Gasteiger partial charge on any atom is 0.326 e. The Morgan fingerprint density at radius 2 is 1.51 bits per heavy atom. The van der Waals surface area contributed by atoms with Gasteiger partial charge in [-0.1, -0.05) is 12.1 Å². The van der Waals surface area contributed by atoms with Crippen LogP contribution in [0.15, 0.2) is 24.3 Å². The molecular formula is C21H31N5O7S2. The summed E-state index contributed by atoms with van der Waals surface area (Å²) in [4.78, 5) is 60.3. The van der Waals surface area contributed by atoms with E-state index in [-0.39, 0.29) is 24.3 Å². The number of carboxylic acid groups (broad SMARTS) is 1. The van der Waals surface area contributed by atoms with E-state index in [4.69, 9.17) is 16.6 Å². The van der Waals surface area contributed by atoms with Crippen LogP contribution in [0, 0.1) is 0 Å². The smallest absolute Gasteiger partial charge is 0.326 e. The Kier molecular flexibility index (Phi) is 13.0. The van der Waals surface area contributed by atoms with Crippen molar-refractivity contribution in [3.8, 4) is 5.75 Å². The molecule has 194 valence electrons. The number of carbonyl (C=O) groups excluding carboxylic acids is 4. The minimum absolute atomic E-state index is 0.0765. The molecule has 0 heterocycles. The van der Waals surface area contributed by atoms with Crippen molar-refractivity contribution in [3.63, 3.8) is 0 Å². The lowest BCUT2D eigenvalue weighted by molar-refractivity contribution is -0.143. The molecule has 0 fully saturated rings. The molecule has 1 rings (SSSR count). The number of carbonyl (C=O) groups is 5. The summed E-state index contributed by atoms with van der Waals surface area (Å²) in [7, 11) is 0. The molecule has 0 aliphatic heterocycles. The summed E-state index contributed by atoms with van der Waals surface area (Å²) in [5.74, 6) is -4.11. The number of amides is 4. The number of benzene rings is 1. The quantitative estimate of drug-likeness (QED) is 0.122. The van der Waals surface area contributed by atoms with E-state index in [0.29, 0.717) is 11.3 Å². The minimum Gasteiger partial charge on any atom is -0.508 e. The highest BCUT2D eigenvalue weighted by atomic mass is 32.2. The van der Waals surface area contributed by atoms with Crippen LogP contribution in [0.25, 0.3) is 0 Å². The molecule has 0 radical (unpaired) electrons. The molecule has 4 unspecified atom stereocenters. The third kappa shape index (κ3) is 10.9. The molecule has 14 heteroatoms. The molecule has 0 saturated carbocycles. The van der Waals surface area contributed by atoms with Crippen LogP contribution in [0.5, 0.6) is 5.75 Å². The average Bonchev–Trinajstić information content (AvgIpc) is 2.80. The first-order valence-electron chi connectivity index (χ1n) is 10.5. The number of rotatable bonds is 15. The highest BCUT2D eigenvalue weighted by Crippen LogP contribution is 2.11. The van der Waals surface area contributed by atoms with Crippen LogP contribution in [0.2, 0.25) is 0 Å². The molecule has 9 N–H and O–H groups in total. The van der Waals surface area contributed by atoms with Crippen molar-refractivity contribution >= 4 is 54.0 Å². The summed E-state index contributed by atoms with van der Waals surface area (Å²) < 4.78 is 0. The topological polar surface area (TPSA) is 214 Å². The summed E-state index contributed by atoms with van der Waals surface area (Å²) in [5.41, 5.74) is 11.7. The van der Waals surface area contributed by atoms with E-state index in [1.807, 2.05) is 6.26 Å². The fourth-order valence-electron chi connectivity index (χ4n) is 2.90. The van der Waals surface area contributed by atoms with E-state index in [0.717, 1.165) is 0 Å². The first-order chi connectivity index (χ1) is 16.5. The van der Waals surface area contributed by atoms with E-state index < -0.39 is 60.2 Å². The van der Waals surface area contributed by atoms with Gasteiger partial charge in [0.2, 0.25) is 23.6 Å². The van der Waals surface area contributed by atoms with Crippen molar-refractivity contribution in [3.05, 3.63) is 29.8 Å². The van der Waals surface area contributed by atoms with Gasteiger partial charge in [0.05, 0.1) is 12.5 Å². The lowest BCUT2D eigenvalue weighted by Crippen LogP contribution is -2.58. The number of thioether (sulfide) groups is 1. The van der Waals surface area contributed by atoms with Crippen LogP contribution >= 0.6 is 24.4 Å². The first kappa shape index (κ1) is 30.1. The number of nitrogens with one attached hydrogen (secondary N) is 3. The van der Waals surface area contributed by atoms with E-state index in [9.17, 15) is 29.1 Å². The Bertz CT molecular complexity index is 901. The summed E-state index contributed by atoms with van der Waals surface area (Å²) in [6.45, 7) is 0. The average molecular weight is 530 g/mol. The number of hydrogen-bond donors (Lipinski definition) is 8. The van der Waals surface area contributed by atoms with Crippen LogP contribution in [0.3, 0.4) is 0 Å². The molecule has 4 amide bonds. The highest BCUT2D eigenvalue weighted by Gasteiger charge is 2.30. The van der Waals surface area contributed by atoms with Gasteiger partial charge in [0.15, 0.2) is 0 Å². The van der Waals surface area contributed by atoms with Crippen LogP contribution < -0.4 is 27.4 Å². The Morgan fingerprint density at radius 1 is 0.971 bits per heavy atom. The summed E-state index contributed by atoms with van der Waals surface area (Å²) in [6, 6.07) is 1.39. The number of aromatic hydroxyl groups is 1. The van der Waals surface area contributed by atoms with E-state index >= 15 is 0 Å². The zero-order valence-electron chi connectivity index (χ0n) is 19.1. The molecular weight excluding hydrogens is 498 g/mol. The molecule has 0 aromatic heterocycles. The second-order valence-electron chi connectivity index (χ2n) is 7.63. The fraction of sp³-hybridized carbons (Fsp3) is 0.476. The van der Waals surface area contributed by atoms with Crippen LogP contribution in [0.4, 0.5) is 0 Å². The number of nitrogens with two attached hydrogens (primary N) is 2. The molecule has 1 aromatic carbocycles. The van der Waals surface area contributed by atoms with Crippen molar-refractivity contribution in [2.45, 2.75) is 43.4 Å². The van der Waals surface area contributed by atoms with Gasteiger partial charge in [0.25, 0.3) is 0 Å². The number of hydrogen-bond acceptors (Lipinski definition) is 9. The third-order valence-electron chi connectivity index (χ3n) is 4.81. The lowest BCUT2D eigenvalue weighted by atomic mass is 10.0. The predicted molar refractivity (Wildman–Crippen MR) is 134 cm³/mol. The predicted octanol–water partition coefficient (Wildman–Crippen LogP) is -1.64. The molecule has 35 heavy (non-hydrogen) atoms. The Morgan fingerprint density at radius 3 is 2.03 bits per heavy atom. The molecule has 0 saturated heterocycles. The number of aliphatic carboxylic acids is 1. The van der Waals surface area contributed by atoms with Gasteiger partial charge in [-0.05, 0) is 42.5 Å². The summed E-state index contributed by atoms with van der Waals surface area (Å²) in [5, 5.41) is 25.7. The number of primary amides is 1. The van der Waals surface area contributed by atoms with Gasteiger partial charge in [-0.15, -0.1) is 0 Å².